The summed E-state index contributed by atoms with van der Waals surface area (Å²) in [4.78, 5) is 14.9. The molecule has 1 heterocycles. The molecule has 1 aromatic heterocycles. The first-order chi connectivity index (χ1) is 9.45. The third kappa shape index (κ3) is 4.86. The molecule has 0 aliphatic heterocycles. The lowest BCUT2D eigenvalue weighted by molar-refractivity contribution is -0.143. The van der Waals surface area contributed by atoms with E-state index in [9.17, 15) is 14.3 Å². The summed E-state index contributed by atoms with van der Waals surface area (Å²) in [7, 11) is 1.51. The number of aryl methyl sites for hydroxylation is 1. The van der Waals surface area contributed by atoms with Crippen molar-refractivity contribution in [2.45, 2.75) is 38.3 Å². The molecule has 0 aliphatic carbocycles. The van der Waals surface area contributed by atoms with Crippen LogP contribution in [-0.4, -0.2) is 40.4 Å². The highest BCUT2D eigenvalue weighted by atomic mass is 19.1. The van der Waals surface area contributed by atoms with Gasteiger partial charge in [-0.25, -0.2) is 4.39 Å². The average molecular weight is 284 g/mol. The lowest BCUT2D eigenvalue weighted by Crippen LogP contribution is -2.47. The van der Waals surface area contributed by atoms with Gasteiger partial charge >= 0.3 is 5.97 Å². The summed E-state index contributed by atoms with van der Waals surface area (Å²) in [5, 5.41) is 21.5. The molecule has 1 rings (SSSR count). The molecule has 0 aliphatic rings. The highest BCUT2D eigenvalue weighted by molar-refractivity contribution is 5.74. The number of likely N-dealkylation sites (N-methyl/N-ethyl adjacent to an activating group) is 1. The highest BCUT2D eigenvalue weighted by Crippen LogP contribution is 2.16. The second kappa shape index (κ2) is 7.91. The van der Waals surface area contributed by atoms with Crippen molar-refractivity contribution in [3.8, 4) is 0 Å². The van der Waals surface area contributed by atoms with Crippen LogP contribution < -0.4 is 5.32 Å². The van der Waals surface area contributed by atoms with Gasteiger partial charge in [0.25, 0.3) is 0 Å². The Balaban J connectivity index is 2.40. The second-order valence-corrected chi connectivity index (χ2v) is 4.93. The lowest BCUT2D eigenvalue weighted by atomic mass is 9.92. The Bertz CT molecular complexity index is 425. The zero-order valence-corrected chi connectivity index (χ0v) is 11.7. The predicted molar refractivity (Wildman–Crippen MR) is 72.8 cm³/mol. The number of nitrogens with one attached hydrogen (secondary N) is 1. The molecule has 20 heavy (non-hydrogen) atoms. The van der Waals surface area contributed by atoms with E-state index in [1.165, 1.54) is 19.3 Å². The number of carboxylic acids is 1. The van der Waals surface area contributed by atoms with E-state index >= 15 is 0 Å². The van der Waals surface area contributed by atoms with Crippen LogP contribution in [0.5, 0.6) is 0 Å². The average Bonchev–Trinajstić information content (AvgIpc) is 2.41. The van der Waals surface area contributed by atoms with Crippen molar-refractivity contribution in [3.05, 3.63) is 29.8 Å². The standard InChI is InChI=1S/C14H21FN2O3/c1-9(13(18)12(16-2)14(19)20)4-3-5-11-7-6-10(15)8-17-11/h6-9,12-13,16,18H,3-5H2,1-2H3,(H,19,20)/t9-,12+,13-/m1/s1. The Kier molecular flexibility index (Phi) is 6.54. The number of aromatic nitrogens is 1. The molecule has 3 atom stereocenters. The van der Waals surface area contributed by atoms with Gasteiger partial charge in [0.05, 0.1) is 12.3 Å². The number of halogens is 1. The van der Waals surface area contributed by atoms with Gasteiger partial charge in [0.15, 0.2) is 0 Å². The summed E-state index contributed by atoms with van der Waals surface area (Å²) < 4.78 is 12.7. The maximum atomic E-state index is 12.7. The van der Waals surface area contributed by atoms with E-state index in [2.05, 4.69) is 10.3 Å². The molecule has 0 aromatic carbocycles. The van der Waals surface area contributed by atoms with E-state index in [4.69, 9.17) is 5.11 Å². The highest BCUT2D eigenvalue weighted by Gasteiger charge is 2.28. The van der Waals surface area contributed by atoms with Crippen LogP contribution in [0.3, 0.4) is 0 Å². The Morgan fingerprint density at radius 2 is 2.20 bits per heavy atom. The van der Waals surface area contributed by atoms with E-state index in [1.54, 1.807) is 6.07 Å². The zero-order chi connectivity index (χ0) is 15.1. The Hall–Kier alpha value is -1.53. The molecule has 0 unspecified atom stereocenters. The fourth-order valence-electron chi connectivity index (χ4n) is 2.10. The molecule has 0 fully saturated rings. The minimum atomic E-state index is -1.06. The van der Waals surface area contributed by atoms with Crippen LogP contribution in [0, 0.1) is 11.7 Å². The van der Waals surface area contributed by atoms with Gasteiger partial charge in [0, 0.05) is 5.69 Å². The monoisotopic (exact) mass is 284 g/mol. The minimum Gasteiger partial charge on any atom is -0.480 e. The number of carboxylic acid groups (broad SMARTS) is 1. The van der Waals surface area contributed by atoms with Gasteiger partial charge < -0.3 is 15.5 Å². The summed E-state index contributed by atoms with van der Waals surface area (Å²) in [6.45, 7) is 1.82. The molecule has 112 valence electrons. The van der Waals surface area contributed by atoms with Crippen molar-refractivity contribution in [2.75, 3.05) is 7.05 Å². The van der Waals surface area contributed by atoms with E-state index in [0.717, 1.165) is 12.1 Å². The van der Waals surface area contributed by atoms with Crippen LogP contribution in [0.1, 0.15) is 25.5 Å². The van der Waals surface area contributed by atoms with Gasteiger partial charge in [0.1, 0.15) is 11.9 Å². The molecule has 6 heteroatoms. The molecule has 0 bridgehead atoms. The fourth-order valence-corrected chi connectivity index (χ4v) is 2.10. The van der Waals surface area contributed by atoms with Crippen LogP contribution in [0.2, 0.25) is 0 Å². The number of hydrogen-bond acceptors (Lipinski definition) is 4. The second-order valence-electron chi connectivity index (χ2n) is 4.93. The van der Waals surface area contributed by atoms with Crippen LogP contribution in [0.15, 0.2) is 18.3 Å². The molecule has 0 saturated heterocycles. The number of aliphatic hydroxyl groups is 1. The number of nitrogens with zero attached hydrogens (tertiary/aromatic N) is 1. The predicted octanol–water partition coefficient (Wildman–Crippen LogP) is 1.21. The van der Waals surface area contributed by atoms with Crippen LogP contribution in [0.25, 0.3) is 0 Å². The molecule has 0 amide bonds. The van der Waals surface area contributed by atoms with Gasteiger partial charge in [-0.3, -0.25) is 9.78 Å². The number of rotatable bonds is 8. The Morgan fingerprint density at radius 1 is 1.50 bits per heavy atom. The van der Waals surface area contributed by atoms with Gasteiger partial charge in [-0.2, -0.15) is 0 Å². The molecule has 1 aromatic rings. The number of hydrogen-bond donors (Lipinski definition) is 3. The molecule has 0 saturated carbocycles. The summed E-state index contributed by atoms with van der Waals surface area (Å²) >= 11 is 0. The van der Waals surface area contributed by atoms with Gasteiger partial charge in [-0.05, 0) is 44.4 Å². The largest absolute Gasteiger partial charge is 0.480 e. The Labute approximate surface area is 117 Å². The third-order valence-electron chi connectivity index (χ3n) is 3.38. The van der Waals surface area contributed by atoms with Gasteiger partial charge in [-0.15, -0.1) is 0 Å². The number of aliphatic carboxylic acids is 1. The van der Waals surface area contributed by atoms with Crippen molar-refractivity contribution < 1.29 is 19.4 Å². The summed E-state index contributed by atoms with van der Waals surface area (Å²) in [6, 6.07) is 2.03. The van der Waals surface area contributed by atoms with Crippen LogP contribution >= 0.6 is 0 Å². The van der Waals surface area contributed by atoms with E-state index in [1.807, 2.05) is 6.92 Å². The van der Waals surface area contributed by atoms with E-state index in [0.29, 0.717) is 12.8 Å². The summed E-state index contributed by atoms with van der Waals surface area (Å²) in [5.74, 6) is -1.58. The summed E-state index contributed by atoms with van der Waals surface area (Å²) in [5.41, 5.74) is 0.788. The maximum absolute atomic E-state index is 12.7. The SMILES string of the molecule is CN[C@H](C(=O)O)[C@H](O)[C@H](C)CCCc1ccc(F)cn1. The van der Waals surface area contributed by atoms with Crippen molar-refractivity contribution in [1.29, 1.82) is 0 Å². The van der Waals surface area contributed by atoms with Crippen LogP contribution in [0.4, 0.5) is 4.39 Å². The molecular formula is C14H21FN2O3. The zero-order valence-electron chi connectivity index (χ0n) is 11.7. The maximum Gasteiger partial charge on any atom is 0.323 e. The molecule has 3 N–H and O–H groups in total. The fraction of sp³-hybridized carbons (Fsp3) is 0.571. The van der Waals surface area contributed by atoms with Crippen molar-refractivity contribution in [1.82, 2.24) is 10.3 Å². The normalized spacial score (nSPS) is 15.6. The summed E-state index contributed by atoms with van der Waals surface area (Å²) in [6.07, 6.45) is 2.33. The first-order valence-electron chi connectivity index (χ1n) is 6.64. The lowest BCUT2D eigenvalue weighted by Gasteiger charge is -2.24. The van der Waals surface area contributed by atoms with Gasteiger partial charge in [-0.1, -0.05) is 6.92 Å². The number of carbonyl (C=O) groups is 1. The van der Waals surface area contributed by atoms with Gasteiger partial charge in [0.2, 0.25) is 0 Å². The van der Waals surface area contributed by atoms with Crippen LogP contribution in [-0.2, 0) is 11.2 Å². The molecule has 5 nitrogen and oxygen atoms in total. The molecule has 0 radical (unpaired) electrons. The Morgan fingerprint density at radius 3 is 2.70 bits per heavy atom. The number of pyridine rings is 1. The minimum absolute atomic E-state index is 0.149. The van der Waals surface area contributed by atoms with Crippen molar-refractivity contribution >= 4 is 5.97 Å². The first kappa shape index (κ1) is 16.5. The van der Waals surface area contributed by atoms with E-state index in [-0.39, 0.29) is 11.7 Å². The quantitative estimate of drug-likeness (QED) is 0.668. The molecule has 0 spiro atoms. The molecular weight excluding hydrogens is 263 g/mol. The topological polar surface area (TPSA) is 82.5 Å². The number of aliphatic hydroxyl groups excluding tert-OH is 1. The third-order valence-corrected chi connectivity index (χ3v) is 3.38. The van der Waals surface area contributed by atoms with Crippen molar-refractivity contribution in [2.24, 2.45) is 5.92 Å². The first-order valence-corrected chi connectivity index (χ1v) is 6.64. The smallest absolute Gasteiger partial charge is 0.323 e. The van der Waals surface area contributed by atoms with Crippen molar-refractivity contribution in [3.63, 3.8) is 0 Å². The van der Waals surface area contributed by atoms with E-state index < -0.39 is 18.1 Å².